The van der Waals surface area contributed by atoms with Gasteiger partial charge in [0.05, 0.1) is 12.2 Å². The molecule has 0 spiro atoms. The number of nitrogens with zero attached hydrogens (tertiary/aromatic N) is 2. The number of aromatic nitrogens is 2. The van der Waals surface area contributed by atoms with Gasteiger partial charge in [-0.15, -0.1) is 0 Å². The van der Waals surface area contributed by atoms with E-state index in [0.717, 1.165) is 16.8 Å². The fourth-order valence-electron chi connectivity index (χ4n) is 3.33. The number of esters is 2. The molecule has 0 atom stereocenters. The minimum Gasteiger partial charge on any atom is -0.465 e. The van der Waals surface area contributed by atoms with E-state index in [4.69, 9.17) is 14.5 Å². The molecule has 4 rings (SSSR count). The molecule has 32 heavy (non-hydrogen) atoms. The minimum absolute atomic E-state index is 0.00515. The van der Waals surface area contributed by atoms with Gasteiger partial charge in [-0.05, 0) is 55.8 Å². The number of carbonyl (C=O) groups excluding carboxylic acids is 2. The Morgan fingerprint density at radius 3 is 2.62 bits per heavy atom. The van der Waals surface area contributed by atoms with Gasteiger partial charge in [0.2, 0.25) is 0 Å². The van der Waals surface area contributed by atoms with Crippen LogP contribution in [0.4, 0.5) is 5.82 Å². The van der Waals surface area contributed by atoms with E-state index < -0.39 is 5.97 Å². The van der Waals surface area contributed by atoms with E-state index >= 15 is 0 Å². The van der Waals surface area contributed by atoms with Gasteiger partial charge in [0.25, 0.3) is 0 Å². The lowest BCUT2D eigenvalue weighted by Gasteiger charge is -2.10. The molecule has 1 N–H and O–H groups in total. The van der Waals surface area contributed by atoms with Crippen molar-refractivity contribution in [2.24, 2.45) is 0 Å². The number of benzene rings is 2. The van der Waals surface area contributed by atoms with Crippen LogP contribution in [0.25, 0.3) is 16.9 Å². The van der Waals surface area contributed by atoms with Gasteiger partial charge in [0, 0.05) is 11.8 Å². The van der Waals surface area contributed by atoms with Gasteiger partial charge in [-0.3, -0.25) is 9.20 Å². The molecule has 0 amide bonds. The zero-order valence-electron chi connectivity index (χ0n) is 17.9. The third-order valence-electron chi connectivity index (χ3n) is 4.81. The molecule has 0 saturated carbocycles. The van der Waals surface area contributed by atoms with E-state index in [1.54, 1.807) is 49.4 Å². The molecular weight excluding hydrogens is 406 g/mol. The van der Waals surface area contributed by atoms with Crippen LogP contribution in [0, 0.1) is 6.92 Å². The molecule has 0 radical (unpaired) electrons. The number of carbonyl (C=O) groups is 2. The molecule has 2 aromatic heterocycles. The Balaban J connectivity index is 1.68. The number of nitrogens with one attached hydrogen (secondary N) is 1. The monoisotopic (exact) mass is 429 g/mol. The molecule has 2 heterocycles. The molecule has 2 aromatic carbocycles. The number of hydrogen-bond acceptors (Lipinski definition) is 6. The molecule has 0 fully saturated rings. The summed E-state index contributed by atoms with van der Waals surface area (Å²) in [5.74, 6) is 0.264. The van der Waals surface area contributed by atoms with Crippen LogP contribution in [0.15, 0.2) is 72.9 Å². The van der Waals surface area contributed by atoms with Crippen molar-refractivity contribution in [2.45, 2.75) is 13.8 Å². The van der Waals surface area contributed by atoms with Crippen molar-refractivity contribution in [1.29, 1.82) is 0 Å². The van der Waals surface area contributed by atoms with E-state index in [0.29, 0.717) is 29.4 Å². The maximum atomic E-state index is 12.4. The van der Waals surface area contributed by atoms with Gasteiger partial charge >= 0.3 is 11.9 Å². The fourth-order valence-corrected chi connectivity index (χ4v) is 3.33. The van der Waals surface area contributed by atoms with E-state index in [1.807, 2.05) is 41.8 Å². The smallest absolute Gasteiger partial charge is 0.343 e. The van der Waals surface area contributed by atoms with Crippen molar-refractivity contribution in [1.82, 2.24) is 9.38 Å². The Morgan fingerprint density at radius 1 is 1.03 bits per heavy atom. The minimum atomic E-state index is -0.436. The van der Waals surface area contributed by atoms with Crippen LogP contribution >= 0.6 is 0 Å². The van der Waals surface area contributed by atoms with Gasteiger partial charge < -0.3 is 14.8 Å². The lowest BCUT2D eigenvalue weighted by molar-refractivity contribution is -0.140. The summed E-state index contributed by atoms with van der Waals surface area (Å²) in [6.07, 6.45) is 1.90. The zero-order valence-corrected chi connectivity index (χ0v) is 17.9. The average Bonchev–Trinajstić information content (AvgIpc) is 3.16. The number of ether oxygens (including phenoxy) is 2. The highest BCUT2D eigenvalue weighted by atomic mass is 16.5. The van der Waals surface area contributed by atoms with Gasteiger partial charge in [-0.1, -0.05) is 30.3 Å². The van der Waals surface area contributed by atoms with Crippen LogP contribution in [-0.2, 0) is 9.53 Å². The van der Waals surface area contributed by atoms with Gasteiger partial charge in [-0.2, -0.15) is 0 Å². The van der Waals surface area contributed by atoms with Crippen molar-refractivity contribution in [2.75, 3.05) is 18.5 Å². The second kappa shape index (κ2) is 9.34. The number of fused-ring (bicyclic) bond motifs is 1. The van der Waals surface area contributed by atoms with Gasteiger partial charge in [-0.25, -0.2) is 9.78 Å². The number of aryl methyl sites for hydroxylation is 1. The van der Waals surface area contributed by atoms with Crippen LogP contribution in [0.3, 0.4) is 0 Å². The maximum absolute atomic E-state index is 12.4. The molecule has 7 heteroatoms. The summed E-state index contributed by atoms with van der Waals surface area (Å²) in [4.78, 5) is 29.1. The van der Waals surface area contributed by atoms with Crippen molar-refractivity contribution >= 4 is 23.4 Å². The third-order valence-corrected chi connectivity index (χ3v) is 4.81. The normalized spacial score (nSPS) is 10.7. The summed E-state index contributed by atoms with van der Waals surface area (Å²) in [5, 5.41) is 3.14. The molecule has 0 unspecified atom stereocenters. The first-order valence-electron chi connectivity index (χ1n) is 10.3. The summed E-state index contributed by atoms with van der Waals surface area (Å²) in [6, 6.07) is 19.9. The predicted molar refractivity (Wildman–Crippen MR) is 122 cm³/mol. The molecule has 0 aliphatic rings. The fraction of sp³-hybridized carbons (Fsp3) is 0.160. The Morgan fingerprint density at radius 2 is 1.84 bits per heavy atom. The molecule has 0 saturated heterocycles. The second-order valence-corrected chi connectivity index (χ2v) is 7.18. The van der Waals surface area contributed by atoms with Crippen LogP contribution in [0.1, 0.15) is 22.8 Å². The van der Waals surface area contributed by atoms with Crippen LogP contribution < -0.4 is 10.1 Å². The number of pyridine rings is 1. The quantitative estimate of drug-likeness (QED) is 0.344. The second-order valence-electron chi connectivity index (χ2n) is 7.18. The largest absolute Gasteiger partial charge is 0.465 e. The summed E-state index contributed by atoms with van der Waals surface area (Å²) >= 11 is 0. The SMILES string of the molecule is CCOC(=O)CNc1c(-c2cccc(OC(=O)c3ccccc3)c2)nc2cc(C)ccn12. The zero-order chi connectivity index (χ0) is 22.5. The highest BCUT2D eigenvalue weighted by Gasteiger charge is 2.17. The Labute approximate surface area is 185 Å². The highest BCUT2D eigenvalue weighted by Crippen LogP contribution is 2.31. The van der Waals surface area contributed by atoms with E-state index in [9.17, 15) is 9.59 Å². The average molecular weight is 429 g/mol. The molecule has 162 valence electrons. The summed E-state index contributed by atoms with van der Waals surface area (Å²) in [5.41, 5.74) is 3.65. The van der Waals surface area contributed by atoms with Crippen LogP contribution in [-0.4, -0.2) is 34.5 Å². The van der Waals surface area contributed by atoms with Gasteiger partial charge in [0.15, 0.2) is 0 Å². The summed E-state index contributed by atoms with van der Waals surface area (Å²) in [7, 11) is 0. The lowest BCUT2D eigenvalue weighted by Crippen LogP contribution is -2.17. The van der Waals surface area contributed by atoms with Crippen molar-refractivity contribution in [3.63, 3.8) is 0 Å². The Kier molecular flexibility index (Phi) is 6.17. The standard InChI is InChI=1S/C25H23N3O4/c1-3-31-22(29)16-26-24-23(27-21-14-17(2)12-13-28(21)24)19-10-7-11-20(15-19)32-25(30)18-8-5-4-6-9-18/h4-15,26H,3,16H2,1-2H3. The number of imidazole rings is 1. The molecule has 4 aromatic rings. The Bertz CT molecular complexity index is 1260. The first-order valence-corrected chi connectivity index (χ1v) is 10.3. The topological polar surface area (TPSA) is 81.9 Å². The molecule has 0 bridgehead atoms. The lowest BCUT2D eigenvalue weighted by atomic mass is 10.1. The van der Waals surface area contributed by atoms with Crippen molar-refractivity contribution < 1.29 is 19.1 Å². The van der Waals surface area contributed by atoms with Crippen LogP contribution in [0.2, 0.25) is 0 Å². The highest BCUT2D eigenvalue weighted by molar-refractivity contribution is 5.91. The molecule has 7 nitrogen and oxygen atoms in total. The number of hydrogen-bond donors (Lipinski definition) is 1. The maximum Gasteiger partial charge on any atom is 0.343 e. The van der Waals surface area contributed by atoms with E-state index in [1.165, 1.54) is 0 Å². The van der Waals surface area contributed by atoms with E-state index in [2.05, 4.69) is 5.32 Å². The van der Waals surface area contributed by atoms with Crippen molar-refractivity contribution in [3.05, 3.63) is 84.1 Å². The van der Waals surface area contributed by atoms with E-state index in [-0.39, 0.29) is 12.5 Å². The first kappa shape index (κ1) is 21.1. The Hall–Kier alpha value is -4.13. The molecular formula is C25H23N3O4. The first-order chi connectivity index (χ1) is 15.5. The molecule has 0 aliphatic carbocycles. The van der Waals surface area contributed by atoms with Crippen LogP contribution in [0.5, 0.6) is 5.75 Å². The predicted octanol–water partition coefficient (Wildman–Crippen LogP) is 4.50. The number of anilines is 1. The molecule has 0 aliphatic heterocycles. The van der Waals surface area contributed by atoms with Crippen molar-refractivity contribution in [3.8, 4) is 17.0 Å². The summed E-state index contributed by atoms with van der Waals surface area (Å²) < 4.78 is 12.5. The third kappa shape index (κ3) is 4.62. The van der Waals surface area contributed by atoms with Gasteiger partial charge in [0.1, 0.15) is 29.5 Å². The summed E-state index contributed by atoms with van der Waals surface area (Å²) in [6.45, 7) is 4.08. The number of rotatable bonds is 7.